The maximum atomic E-state index is 5.95. The van der Waals surface area contributed by atoms with Crippen LogP contribution in [0.2, 0.25) is 0 Å². The first-order valence-corrected chi connectivity index (χ1v) is 20.9. The van der Waals surface area contributed by atoms with Gasteiger partial charge in [0.1, 0.15) is 0 Å². The Kier molecular flexibility index (Phi) is 6.75. The van der Waals surface area contributed by atoms with E-state index in [0.29, 0.717) is 0 Å². The third-order valence-electron chi connectivity index (χ3n) is 13.4. The van der Waals surface area contributed by atoms with E-state index in [1.165, 1.54) is 114 Å². The molecule has 0 atom stereocenters. The summed E-state index contributed by atoms with van der Waals surface area (Å²) in [6.45, 7) is 35.3. The smallest absolute Gasteiger partial charge is 0.0801 e. The molecule has 0 aliphatic heterocycles. The molecule has 10 aromatic rings. The van der Waals surface area contributed by atoms with Gasteiger partial charge in [0.05, 0.1) is 11.0 Å². The van der Waals surface area contributed by atoms with E-state index in [2.05, 4.69) is 177 Å². The Labute approximate surface area is 332 Å². The molecule has 10 rings (SSSR count). The summed E-state index contributed by atoms with van der Waals surface area (Å²) in [5.41, 5.74) is 9.07. The minimum atomic E-state index is -0.0353. The summed E-state index contributed by atoms with van der Waals surface area (Å²) in [5.74, 6) is 0. The molecule has 0 fully saturated rings. The van der Waals surface area contributed by atoms with Gasteiger partial charge in [-0.05, 0) is 152 Å². The Bertz CT molecular complexity index is 3070. The molecule has 0 N–H and O–H groups in total. The van der Waals surface area contributed by atoms with Gasteiger partial charge < -0.3 is 0 Å². The Morgan fingerprint density at radius 1 is 0.250 bits per heavy atom. The maximum absolute atomic E-state index is 5.95. The molecule has 0 aliphatic rings. The number of rotatable bonds is 0. The van der Waals surface area contributed by atoms with Crippen molar-refractivity contribution in [1.29, 1.82) is 0 Å². The molecule has 56 heavy (non-hydrogen) atoms. The van der Waals surface area contributed by atoms with Gasteiger partial charge in [-0.2, -0.15) is 0 Å². The number of pyridine rings is 1. The van der Waals surface area contributed by atoms with Crippen LogP contribution in [0.3, 0.4) is 0 Å². The molecule has 0 unspecified atom stereocenters. The van der Waals surface area contributed by atoms with Gasteiger partial charge in [-0.25, -0.2) is 4.98 Å². The average Bonchev–Trinajstić information content (AvgIpc) is 3.10. The molecule has 0 radical (unpaired) electrons. The summed E-state index contributed by atoms with van der Waals surface area (Å²) in [6.07, 6.45) is 0. The fourth-order valence-electron chi connectivity index (χ4n) is 9.90. The summed E-state index contributed by atoms with van der Waals surface area (Å²) in [6, 6.07) is 29.7. The molecule has 1 nitrogen and oxygen atoms in total. The van der Waals surface area contributed by atoms with Crippen molar-refractivity contribution in [3.8, 4) is 0 Å². The highest BCUT2D eigenvalue weighted by molar-refractivity contribution is 6.51. The Balaban J connectivity index is 1.62. The topological polar surface area (TPSA) is 12.9 Å². The maximum Gasteiger partial charge on any atom is 0.0801 e. The van der Waals surface area contributed by atoms with Crippen molar-refractivity contribution in [3.63, 3.8) is 0 Å². The fourth-order valence-corrected chi connectivity index (χ4v) is 9.90. The van der Waals surface area contributed by atoms with Gasteiger partial charge in [0.25, 0.3) is 0 Å². The number of nitrogens with zero attached hydrogens (tertiary/aromatic N) is 1. The molecule has 1 heterocycles. The molecule has 9 aromatic carbocycles. The highest BCUT2D eigenvalue weighted by Crippen LogP contribution is 2.55. The Hall–Kier alpha value is -4.75. The first-order chi connectivity index (χ1) is 25.9. The first-order valence-electron chi connectivity index (χ1n) is 20.9. The molecule has 0 aliphatic carbocycles. The summed E-state index contributed by atoms with van der Waals surface area (Å²) in [7, 11) is 0. The van der Waals surface area contributed by atoms with Gasteiger partial charge >= 0.3 is 0 Å². The van der Waals surface area contributed by atoms with Crippen molar-refractivity contribution < 1.29 is 0 Å². The SMILES string of the molecule is CC(C)(C)c1ccc2c(c1)c1cc(C(C)(C)C)cc3c4cc(C(C)(C)C)cc5c6cc(C(C)(C)C)cc7c8cc(C(C)(C)C)ccc8c8nc2c(c13)c(c45)c8c76. The van der Waals surface area contributed by atoms with E-state index >= 15 is 0 Å². The highest BCUT2D eigenvalue weighted by atomic mass is 14.7. The van der Waals surface area contributed by atoms with Crippen LogP contribution in [0.1, 0.15) is 132 Å². The molecule has 0 saturated carbocycles. The van der Waals surface area contributed by atoms with E-state index in [0.717, 1.165) is 11.0 Å². The van der Waals surface area contributed by atoms with E-state index in [1.807, 2.05) is 0 Å². The second kappa shape index (κ2) is 10.6. The van der Waals surface area contributed by atoms with E-state index in [9.17, 15) is 0 Å². The minimum absolute atomic E-state index is 0.0190. The first kappa shape index (κ1) is 35.6. The number of fused-ring (bicyclic) bond motifs is 8. The van der Waals surface area contributed by atoms with Crippen molar-refractivity contribution >= 4 is 97.2 Å². The van der Waals surface area contributed by atoms with Crippen molar-refractivity contribution in [1.82, 2.24) is 4.98 Å². The van der Waals surface area contributed by atoms with Gasteiger partial charge in [-0.1, -0.05) is 128 Å². The molecule has 0 bridgehead atoms. The summed E-state index contributed by atoms with van der Waals surface area (Å²) in [5, 5.41) is 21.5. The molecular formula is C55H57N. The predicted octanol–water partition coefficient (Wildman–Crippen LogP) is 16.3. The zero-order valence-electron chi connectivity index (χ0n) is 36.4. The fraction of sp³-hybridized carbons (Fsp3) is 0.364. The predicted molar refractivity (Wildman–Crippen MR) is 249 cm³/mol. The Morgan fingerprint density at radius 3 is 0.786 bits per heavy atom. The lowest BCUT2D eigenvalue weighted by Gasteiger charge is -2.29. The third-order valence-corrected chi connectivity index (χ3v) is 13.4. The van der Waals surface area contributed by atoms with Gasteiger partial charge in [-0.15, -0.1) is 0 Å². The highest BCUT2D eigenvalue weighted by Gasteiger charge is 2.31. The van der Waals surface area contributed by atoms with Crippen LogP contribution in [-0.2, 0) is 27.1 Å². The molecule has 1 aromatic heterocycles. The van der Waals surface area contributed by atoms with Crippen LogP contribution < -0.4 is 0 Å². The largest absolute Gasteiger partial charge is 0.246 e. The number of hydrogen-bond acceptors (Lipinski definition) is 1. The van der Waals surface area contributed by atoms with Crippen LogP contribution in [0.15, 0.2) is 72.8 Å². The average molecular weight is 732 g/mol. The normalized spacial score (nSPS) is 14.3. The molecule has 282 valence electrons. The number of benzene rings is 9. The molecule has 1 heteroatoms. The van der Waals surface area contributed by atoms with E-state index in [4.69, 9.17) is 4.98 Å². The molecular weight excluding hydrogens is 675 g/mol. The Morgan fingerprint density at radius 2 is 0.500 bits per heavy atom. The van der Waals surface area contributed by atoms with Crippen LogP contribution in [0.5, 0.6) is 0 Å². The summed E-state index contributed by atoms with van der Waals surface area (Å²) < 4.78 is 0. The lowest BCUT2D eigenvalue weighted by atomic mass is 9.75. The van der Waals surface area contributed by atoms with E-state index in [1.54, 1.807) is 0 Å². The standard InChI is InChI=1S/C55H57N/c1-51(2,3)28-16-18-33-35(20-28)37-22-30(53(7,8)9)26-41-39-24-32(55(13,14)15)25-40-42-27-31(54(10,11)12)23-38-36-21-29(52(4,5)6)17-19-34(36)50-48(45(38)42)46(43(39)40)47(44(37)41)49(33)56-50/h16-27H,1-15H3. The van der Waals surface area contributed by atoms with Gasteiger partial charge in [0, 0.05) is 37.7 Å². The van der Waals surface area contributed by atoms with E-state index < -0.39 is 0 Å². The van der Waals surface area contributed by atoms with Crippen molar-refractivity contribution in [3.05, 3.63) is 101 Å². The summed E-state index contributed by atoms with van der Waals surface area (Å²) >= 11 is 0. The van der Waals surface area contributed by atoms with Crippen LogP contribution >= 0.6 is 0 Å². The lowest BCUT2D eigenvalue weighted by molar-refractivity contribution is 0.590. The lowest BCUT2D eigenvalue weighted by Crippen LogP contribution is -2.13. The van der Waals surface area contributed by atoms with Gasteiger partial charge in [-0.3, -0.25) is 0 Å². The molecule has 0 spiro atoms. The van der Waals surface area contributed by atoms with Crippen molar-refractivity contribution in [2.75, 3.05) is 0 Å². The van der Waals surface area contributed by atoms with Crippen molar-refractivity contribution in [2.24, 2.45) is 0 Å². The zero-order chi connectivity index (χ0) is 40.0. The van der Waals surface area contributed by atoms with Crippen LogP contribution in [0.25, 0.3) is 97.2 Å². The molecule has 0 saturated heterocycles. The number of aromatic nitrogens is 1. The third kappa shape index (κ3) is 4.76. The summed E-state index contributed by atoms with van der Waals surface area (Å²) in [4.78, 5) is 5.95. The second-order valence-electron chi connectivity index (χ2n) is 22.5. The van der Waals surface area contributed by atoms with Gasteiger partial charge in [0.15, 0.2) is 0 Å². The van der Waals surface area contributed by atoms with Crippen molar-refractivity contribution in [2.45, 2.75) is 131 Å². The monoisotopic (exact) mass is 731 g/mol. The quantitative estimate of drug-likeness (QED) is 0.112. The second-order valence-corrected chi connectivity index (χ2v) is 22.5. The minimum Gasteiger partial charge on any atom is -0.246 e. The van der Waals surface area contributed by atoms with Crippen LogP contribution in [0.4, 0.5) is 0 Å². The van der Waals surface area contributed by atoms with Gasteiger partial charge in [0.2, 0.25) is 0 Å². The van der Waals surface area contributed by atoms with Crippen LogP contribution in [0, 0.1) is 0 Å². The zero-order valence-corrected chi connectivity index (χ0v) is 36.4. The van der Waals surface area contributed by atoms with Crippen LogP contribution in [-0.4, -0.2) is 4.98 Å². The molecule has 0 amide bonds. The number of hydrogen-bond donors (Lipinski definition) is 0. The van der Waals surface area contributed by atoms with E-state index in [-0.39, 0.29) is 27.1 Å².